The number of Topliss-reactive ketones (excluding diaryl/α,β-unsaturated/α-hetero) is 1. The van der Waals surface area contributed by atoms with Crippen molar-refractivity contribution in [3.63, 3.8) is 0 Å². The second-order valence-corrected chi connectivity index (χ2v) is 1.85. The summed E-state index contributed by atoms with van der Waals surface area (Å²) in [4.78, 5) is 14.0. The molecule has 0 aliphatic heterocycles. The summed E-state index contributed by atoms with van der Waals surface area (Å²) >= 11 is 0. The van der Waals surface area contributed by atoms with Crippen molar-refractivity contribution in [3.8, 4) is 0 Å². The maximum absolute atomic E-state index is 12.3. The third-order valence-electron chi connectivity index (χ3n) is 1.02. The highest BCUT2D eigenvalue weighted by Crippen LogP contribution is 1.99. The minimum absolute atomic E-state index is 0.181. The Hall–Kier alpha value is -1.25. The van der Waals surface area contributed by atoms with Crippen LogP contribution in [0.25, 0.3) is 0 Å². The Balaban J connectivity index is 3.07. The molecule has 0 atom stereocenters. The second kappa shape index (κ2) is 2.56. The van der Waals surface area contributed by atoms with Crippen molar-refractivity contribution in [1.29, 1.82) is 0 Å². The summed E-state index contributed by atoms with van der Waals surface area (Å²) in [6.45, 7) is 1.34. The maximum Gasteiger partial charge on any atom is 0.162 e. The van der Waals surface area contributed by atoms with Gasteiger partial charge >= 0.3 is 0 Å². The molecule has 0 bridgehead atoms. The molecule has 1 aromatic rings. The van der Waals surface area contributed by atoms with E-state index in [-0.39, 0.29) is 11.3 Å². The van der Waals surface area contributed by atoms with Gasteiger partial charge in [0, 0.05) is 17.8 Å². The zero-order valence-electron chi connectivity index (χ0n) is 5.39. The van der Waals surface area contributed by atoms with Crippen LogP contribution in [0.1, 0.15) is 17.3 Å². The Morgan fingerprint density at radius 2 is 2.40 bits per heavy atom. The molecule has 0 amide bonds. The topological polar surface area (TPSA) is 30.0 Å². The number of carbonyl (C=O) groups excluding carboxylic acids is 1. The molecule has 0 aliphatic rings. The molecule has 0 N–H and O–H groups in total. The Bertz CT molecular complexity index is 260. The van der Waals surface area contributed by atoms with E-state index in [4.69, 9.17) is 0 Å². The van der Waals surface area contributed by atoms with E-state index in [0.717, 1.165) is 6.20 Å². The smallest absolute Gasteiger partial charge is 0.162 e. The molecule has 0 saturated heterocycles. The van der Waals surface area contributed by atoms with E-state index >= 15 is 0 Å². The first kappa shape index (κ1) is 6.86. The highest BCUT2D eigenvalue weighted by atomic mass is 19.1. The predicted molar refractivity (Wildman–Crippen MR) is 33.0 cm³/mol. The molecule has 10 heavy (non-hydrogen) atoms. The zero-order valence-corrected chi connectivity index (χ0v) is 5.39. The first-order chi connectivity index (χ1) is 4.70. The quantitative estimate of drug-likeness (QED) is 0.546. The maximum atomic E-state index is 12.3. The molecule has 0 fully saturated rings. The Kier molecular flexibility index (Phi) is 1.76. The number of pyridine rings is 1. The van der Waals surface area contributed by atoms with Crippen LogP contribution in [-0.2, 0) is 0 Å². The summed E-state index contributed by atoms with van der Waals surface area (Å²) < 4.78 is 12.3. The molecule has 3 heteroatoms. The van der Waals surface area contributed by atoms with Crippen LogP contribution in [0.15, 0.2) is 12.4 Å². The average Bonchev–Trinajstić information content (AvgIpc) is 1.88. The summed E-state index contributed by atoms with van der Waals surface area (Å²) in [7, 11) is 0. The lowest BCUT2D eigenvalue weighted by Crippen LogP contribution is -1.94. The number of aromatic nitrogens is 1. The van der Waals surface area contributed by atoms with Crippen LogP contribution in [0.5, 0.6) is 0 Å². The van der Waals surface area contributed by atoms with Gasteiger partial charge < -0.3 is 0 Å². The molecular weight excluding hydrogens is 133 g/mol. The number of ketones is 1. The molecule has 51 valence electrons. The fraction of sp³-hybridized carbons (Fsp3) is 0.143. The first-order valence-electron chi connectivity index (χ1n) is 2.74. The van der Waals surface area contributed by atoms with Gasteiger partial charge in [0.1, 0.15) is 5.82 Å². The van der Waals surface area contributed by atoms with Gasteiger partial charge in [0.2, 0.25) is 0 Å². The van der Waals surface area contributed by atoms with Crippen LogP contribution in [-0.4, -0.2) is 10.8 Å². The van der Waals surface area contributed by atoms with Crippen molar-refractivity contribution in [3.05, 3.63) is 29.8 Å². The molecule has 0 spiro atoms. The van der Waals surface area contributed by atoms with Gasteiger partial charge in [0.15, 0.2) is 5.78 Å². The van der Waals surface area contributed by atoms with Crippen LogP contribution < -0.4 is 0 Å². The van der Waals surface area contributed by atoms with Gasteiger partial charge in [0.05, 0.1) is 6.20 Å². The zero-order chi connectivity index (χ0) is 7.56. The third-order valence-corrected chi connectivity index (χ3v) is 1.02. The third kappa shape index (κ3) is 1.37. The average molecular weight is 138 g/mol. The first-order valence-corrected chi connectivity index (χ1v) is 2.74. The van der Waals surface area contributed by atoms with Crippen molar-refractivity contribution in [2.75, 3.05) is 0 Å². The molecule has 1 rings (SSSR count). The van der Waals surface area contributed by atoms with Crippen molar-refractivity contribution in [2.45, 2.75) is 6.92 Å². The van der Waals surface area contributed by atoms with Crippen molar-refractivity contribution in [1.82, 2.24) is 4.98 Å². The van der Waals surface area contributed by atoms with E-state index in [1.165, 1.54) is 13.1 Å². The molecule has 0 saturated carbocycles. The van der Waals surface area contributed by atoms with E-state index in [1.807, 2.05) is 0 Å². The monoisotopic (exact) mass is 138 g/mol. The lowest BCUT2D eigenvalue weighted by Gasteiger charge is -1.90. The van der Waals surface area contributed by atoms with E-state index in [1.54, 1.807) is 0 Å². The fourth-order valence-corrected chi connectivity index (χ4v) is 0.549. The lowest BCUT2D eigenvalue weighted by atomic mass is 10.2. The van der Waals surface area contributed by atoms with Gasteiger partial charge in [-0.15, -0.1) is 0 Å². The van der Waals surface area contributed by atoms with Crippen LogP contribution in [0.4, 0.5) is 4.39 Å². The number of halogens is 1. The van der Waals surface area contributed by atoms with Gasteiger partial charge in [-0.25, -0.2) is 4.39 Å². The molecular formula is C7H5FNO. The molecule has 1 heterocycles. The molecule has 0 aliphatic carbocycles. The number of hydrogen-bond donors (Lipinski definition) is 0. The summed E-state index contributed by atoms with van der Waals surface area (Å²) in [6.07, 6.45) is 2.29. The van der Waals surface area contributed by atoms with Gasteiger partial charge in [-0.2, -0.15) is 0 Å². The van der Waals surface area contributed by atoms with Crippen molar-refractivity contribution < 1.29 is 9.18 Å². The molecule has 0 aromatic carbocycles. The molecule has 1 aromatic heterocycles. The molecule has 2 nitrogen and oxygen atoms in total. The fourth-order valence-electron chi connectivity index (χ4n) is 0.549. The highest BCUT2D eigenvalue weighted by Gasteiger charge is 1.99. The van der Waals surface area contributed by atoms with E-state index in [0.29, 0.717) is 0 Å². The highest BCUT2D eigenvalue weighted by molar-refractivity contribution is 5.93. The Morgan fingerprint density at radius 3 is 2.80 bits per heavy atom. The summed E-state index contributed by atoms with van der Waals surface area (Å²) in [5.74, 6) is -0.834. The van der Waals surface area contributed by atoms with Gasteiger partial charge in [-0.1, -0.05) is 0 Å². The molecule has 0 unspecified atom stereocenters. The number of nitrogens with zero attached hydrogens (tertiary/aromatic N) is 1. The minimum atomic E-state index is -0.604. The van der Waals surface area contributed by atoms with Crippen LogP contribution in [0.2, 0.25) is 0 Å². The normalized spacial score (nSPS) is 9.40. The SMILES string of the molecule is CC(=O)c1[c]c(F)cnc1. The van der Waals surface area contributed by atoms with Crippen LogP contribution in [0, 0.1) is 11.9 Å². The predicted octanol–water partition coefficient (Wildman–Crippen LogP) is 1.22. The van der Waals surface area contributed by atoms with E-state index < -0.39 is 5.82 Å². The number of rotatable bonds is 1. The number of hydrogen-bond acceptors (Lipinski definition) is 2. The number of carbonyl (C=O) groups is 1. The van der Waals surface area contributed by atoms with Crippen molar-refractivity contribution >= 4 is 5.78 Å². The minimum Gasteiger partial charge on any atom is -0.294 e. The van der Waals surface area contributed by atoms with Gasteiger partial charge in [-0.3, -0.25) is 9.78 Å². The van der Waals surface area contributed by atoms with Gasteiger partial charge in [-0.05, 0) is 6.92 Å². The van der Waals surface area contributed by atoms with E-state index in [9.17, 15) is 9.18 Å². The summed E-state index contributed by atoms with van der Waals surface area (Å²) in [6, 6.07) is 2.23. The summed E-state index contributed by atoms with van der Waals surface area (Å²) in [5.41, 5.74) is 0.181. The van der Waals surface area contributed by atoms with Crippen LogP contribution >= 0.6 is 0 Å². The molecule has 1 radical (unpaired) electrons. The standard InChI is InChI=1S/C7H5FNO/c1-5(10)6-2-7(8)4-9-3-6/h3-4H,1H3. The van der Waals surface area contributed by atoms with Gasteiger partial charge in [0.25, 0.3) is 0 Å². The second-order valence-electron chi connectivity index (χ2n) is 1.85. The van der Waals surface area contributed by atoms with E-state index in [2.05, 4.69) is 11.1 Å². The van der Waals surface area contributed by atoms with Crippen LogP contribution in [0.3, 0.4) is 0 Å². The lowest BCUT2D eigenvalue weighted by molar-refractivity contribution is 0.101. The summed E-state index contributed by atoms with van der Waals surface area (Å²) in [5, 5.41) is 0. The largest absolute Gasteiger partial charge is 0.294 e. The van der Waals surface area contributed by atoms with Crippen molar-refractivity contribution in [2.24, 2.45) is 0 Å². The Labute approximate surface area is 57.7 Å². The Morgan fingerprint density at radius 1 is 1.70 bits per heavy atom.